The molecule has 3 aliphatic rings. The van der Waals surface area contributed by atoms with Crippen molar-refractivity contribution in [3.8, 4) is 5.88 Å². The van der Waals surface area contributed by atoms with Gasteiger partial charge in [-0.1, -0.05) is 6.07 Å². The average Bonchev–Trinajstić information content (AvgIpc) is 2.81. The minimum absolute atomic E-state index is 0.0895. The third-order valence-corrected chi connectivity index (χ3v) is 7.62. The minimum atomic E-state index is -4.47. The molecule has 1 saturated carbocycles. The van der Waals surface area contributed by atoms with Gasteiger partial charge < -0.3 is 19.9 Å². The summed E-state index contributed by atoms with van der Waals surface area (Å²) in [5.74, 6) is 0.854. The molecule has 0 radical (unpaired) electrons. The Labute approximate surface area is 214 Å². The van der Waals surface area contributed by atoms with Crippen LogP contribution >= 0.6 is 0 Å². The van der Waals surface area contributed by atoms with Crippen molar-refractivity contribution in [3.05, 3.63) is 41.9 Å². The summed E-state index contributed by atoms with van der Waals surface area (Å²) in [6, 6.07) is 3.70. The van der Waals surface area contributed by atoms with Crippen LogP contribution in [0.25, 0.3) is 0 Å². The van der Waals surface area contributed by atoms with E-state index in [9.17, 15) is 18.0 Å². The Balaban J connectivity index is 1.08. The van der Waals surface area contributed by atoms with Gasteiger partial charge in [0.25, 0.3) is 0 Å². The summed E-state index contributed by atoms with van der Waals surface area (Å²) in [5.41, 5.74) is 0.567. The fourth-order valence-corrected chi connectivity index (χ4v) is 6.01. The Kier molecular flexibility index (Phi) is 6.63. The number of halogens is 3. The number of hydrogen-bond acceptors (Lipinski definition) is 7. The fraction of sp³-hybridized carbons (Fsp3) is 0.600. The number of anilines is 1. The van der Waals surface area contributed by atoms with Crippen molar-refractivity contribution < 1.29 is 22.7 Å². The molecule has 2 aromatic rings. The summed E-state index contributed by atoms with van der Waals surface area (Å²) in [5, 5.41) is 3.20. The molecule has 0 aromatic carbocycles. The van der Waals surface area contributed by atoms with Gasteiger partial charge in [-0.25, -0.2) is 19.7 Å². The number of urea groups is 1. The van der Waals surface area contributed by atoms with Gasteiger partial charge >= 0.3 is 12.2 Å². The molecule has 2 amide bonds. The third kappa shape index (κ3) is 5.29. The number of likely N-dealkylation sites (tertiary alicyclic amines) is 1. The molecule has 0 bridgehead atoms. The molecule has 2 saturated heterocycles. The van der Waals surface area contributed by atoms with Crippen LogP contribution in [0.3, 0.4) is 0 Å². The molecule has 4 heterocycles. The summed E-state index contributed by atoms with van der Waals surface area (Å²) in [6.45, 7) is 7.67. The van der Waals surface area contributed by atoms with Crippen molar-refractivity contribution in [1.29, 1.82) is 0 Å². The average molecular weight is 520 g/mol. The molecule has 3 fully saturated rings. The highest BCUT2D eigenvalue weighted by Crippen LogP contribution is 2.48. The van der Waals surface area contributed by atoms with E-state index in [1.165, 1.54) is 0 Å². The van der Waals surface area contributed by atoms with Crippen molar-refractivity contribution in [2.24, 2.45) is 5.41 Å². The lowest BCUT2D eigenvalue weighted by Crippen LogP contribution is -2.68. The first kappa shape index (κ1) is 25.5. The van der Waals surface area contributed by atoms with Crippen molar-refractivity contribution in [3.63, 3.8) is 0 Å². The van der Waals surface area contributed by atoms with Gasteiger partial charge in [0.2, 0.25) is 11.8 Å². The fourth-order valence-electron chi connectivity index (χ4n) is 6.01. The van der Waals surface area contributed by atoms with E-state index >= 15 is 0 Å². The predicted molar refractivity (Wildman–Crippen MR) is 130 cm³/mol. The predicted octanol–water partition coefficient (Wildman–Crippen LogP) is 3.17. The summed E-state index contributed by atoms with van der Waals surface area (Å²) in [7, 11) is 1.60. The van der Waals surface area contributed by atoms with Gasteiger partial charge in [-0.2, -0.15) is 13.2 Å². The van der Waals surface area contributed by atoms with Crippen LogP contribution in [0.2, 0.25) is 0 Å². The van der Waals surface area contributed by atoms with Crippen molar-refractivity contribution in [1.82, 2.24) is 30.1 Å². The standard InChI is InChI=1S/C25H32F3N7O2/c1-16-11-34(22-30-9-19(10-31-22)25(26,27)28)12-17(2)35(16)23(36)32-20-6-24(7-20)14-33(15-24)13-18-4-5-21(37-3)29-8-18/h4-5,8-10,16-17,20H,6-7,11-15H2,1-3H3,(H,32,36)/t16-,17+. The number of nitrogens with zero attached hydrogens (tertiary/aromatic N) is 6. The molecule has 200 valence electrons. The van der Waals surface area contributed by atoms with Crippen LogP contribution in [0, 0.1) is 5.41 Å². The molecule has 37 heavy (non-hydrogen) atoms. The van der Waals surface area contributed by atoms with Crippen LogP contribution in [-0.4, -0.2) is 82.2 Å². The van der Waals surface area contributed by atoms with Gasteiger partial charge in [-0.3, -0.25) is 4.90 Å². The Morgan fingerprint density at radius 3 is 2.27 bits per heavy atom. The van der Waals surface area contributed by atoms with Crippen LogP contribution in [0.4, 0.5) is 23.9 Å². The molecular weight excluding hydrogens is 487 g/mol. The maximum atomic E-state index is 13.1. The highest BCUT2D eigenvalue weighted by molar-refractivity contribution is 5.76. The quantitative estimate of drug-likeness (QED) is 0.650. The molecule has 2 aromatic heterocycles. The number of carbonyl (C=O) groups excluding carboxylic acids is 1. The van der Waals surface area contributed by atoms with Crippen LogP contribution in [0.1, 0.15) is 37.8 Å². The molecule has 12 heteroatoms. The first-order valence-corrected chi connectivity index (χ1v) is 12.5. The van der Waals surface area contributed by atoms with Crippen molar-refractivity contribution in [2.45, 2.75) is 57.5 Å². The molecule has 1 spiro atoms. The number of aromatic nitrogens is 3. The number of rotatable bonds is 5. The Hall–Kier alpha value is -3.15. The number of hydrogen-bond donors (Lipinski definition) is 1. The number of pyridine rings is 1. The summed E-state index contributed by atoms with van der Waals surface area (Å²) >= 11 is 0. The lowest BCUT2D eigenvalue weighted by Gasteiger charge is -2.59. The number of nitrogens with one attached hydrogen (secondary N) is 1. The van der Waals surface area contributed by atoms with E-state index in [-0.39, 0.29) is 35.5 Å². The van der Waals surface area contributed by atoms with E-state index in [2.05, 4.69) is 25.2 Å². The van der Waals surface area contributed by atoms with Gasteiger partial charge in [0, 0.05) is 75.5 Å². The molecule has 2 atom stereocenters. The van der Waals surface area contributed by atoms with Crippen LogP contribution in [0.15, 0.2) is 30.7 Å². The number of methoxy groups -OCH3 is 1. The number of alkyl halides is 3. The van der Waals surface area contributed by atoms with E-state index in [1.54, 1.807) is 7.11 Å². The Bertz CT molecular complexity index is 1090. The third-order valence-electron chi connectivity index (χ3n) is 7.62. The van der Waals surface area contributed by atoms with E-state index < -0.39 is 11.7 Å². The molecular formula is C25H32F3N7O2. The highest BCUT2D eigenvalue weighted by Gasteiger charge is 2.52. The Morgan fingerprint density at radius 1 is 1.08 bits per heavy atom. The largest absolute Gasteiger partial charge is 0.481 e. The smallest absolute Gasteiger partial charge is 0.419 e. The zero-order valence-corrected chi connectivity index (χ0v) is 21.2. The first-order valence-electron chi connectivity index (χ1n) is 12.5. The van der Waals surface area contributed by atoms with Gasteiger partial charge in [0.05, 0.1) is 12.7 Å². The minimum Gasteiger partial charge on any atom is -0.481 e. The van der Waals surface area contributed by atoms with Crippen molar-refractivity contribution in [2.75, 3.05) is 38.2 Å². The lowest BCUT2D eigenvalue weighted by atomic mass is 9.60. The van der Waals surface area contributed by atoms with Gasteiger partial charge in [-0.15, -0.1) is 0 Å². The summed E-state index contributed by atoms with van der Waals surface area (Å²) in [6.07, 6.45) is 0.926. The topological polar surface area (TPSA) is 86.7 Å². The normalized spacial score (nSPS) is 23.9. The van der Waals surface area contributed by atoms with Crippen molar-refractivity contribution >= 4 is 12.0 Å². The number of amides is 2. The van der Waals surface area contributed by atoms with Gasteiger partial charge in [0.1, 0.15) is 0 Å². The summed E-state index contributed by atoms with van der Waals surface area (Å²) < 4.78 is 43.6. The highest BCUT2D eigenvalue weighted by atomic mass is 19.4. The Morgan fingerprint density at radius 2 is 1.73 bits per heavy atom. The molecule has 0 unspecified atom stereocenters. The lowest BCUT2D eigenvalue weighted by molar-refractivity contribution is -0.138. The SMILES string of the molecule is COc1ccc(CN2CC3(CC(NC(=O)N4[C@H](C)CN(c5ncc(C(F)(F)F)cn5)C[C@@H]4C)C3)C2)cn1. The van der Waals surface area contributed by atoms with E-state index in [0.29, 0.717) is 19.0 Å². The zero-order chi connectivity index (χ0) is 26.4. The van der Waals surface area contributed by atoms with Crippen LogP contribution in [-0.2, 0) is 12.7 Å². The van der Waals surface area contributed by atoms with E-state index in [4.69, 9.17) is 4.74 Å². The molecule has 1 aliphatic carbocycles. The number of ether oxygens (including phenoxy) is 1. The molecule has 2 aliphatic heterocycles. The second-order valence-corrected chi connectivity index (χ2v) is 10.7. The molecule has 5 rings (SSSR count). The summed E-state index contributed by atoms with van der Waals surface area (Å²) in [4.78, 5) is 31.3. The molecule has 9 nitrogen and oxygen atoms in total. The van der Waals surface area contributed by atoms with E-state index in [1.807, 2.05) is 42.0 Å². The molecule has 1 N–H and O–H groups in total. The van der Waals surface area contributed by atoms with E-state index in [0.717, 1.165) is 50.4 Å². The van der Waals surface area contributed by atoms with Crippen LogP contribution in [0.5, 0.6) is 5.88 Å². The van der Waals surface area contributed by atoms with Gasteiger partial charge in [-0.05, 0) is 37.7 Å². The van der Waals surface area contributed by atoms with Crippen LogP contribution < -0.4 is 15.0 Å². The second-order valence-electron chi connectivity index (χ2n) is 10.7. The van der Waals surface area contributed by atoms with Gasteiger partial charge in [0.15, 0.2) is 0 Å². The monoisotopic (exact) mass is 519 g/mol. The number of carbonyl (C=O) groups is 1. The first-order chi connectivity index (χ1) is 17.5. The maximum Gasteiger partial charge on any atom is 0.419 e. The second kappa shape index (κ2) is 9.62. The zero-order valence-electron chi connectivity index (χ0n) is 21.2. The number of piperazine rings is 1. The maximum absolute atomic E-state index is 13.1.